The lowest BCUT2D eigenvalue weighted by atomic mass is 10.1. The average molecular weight is 445 g/mol. The molecule has 1 amide bonds. The molecule has 162 valence electrons. The van der Waals surface area contributed by atoms with Gasteiger partial charge in [-0.15, -0.1) is 0 Å². The van der Waals surface area contributed by atoms with Gasteiger partial charge in [-0.25, -0.2) is 4.99 Å². The van der Waals surface area contributed by atoms with Gasteiger partial charge in [0.15, 0.2) is 16.7 Å². The van der Waals surface area contributed by atoms with E-state index in [0.717, 1.165) is 16.9 Å². The molecule has 4 rings (SSSR count). The Morgan fingerprint density at radius 1 is 0.938 bits per heavy atom. The molecule has 5 nitrogen and oxygen atoms in total. The molecular formula is C26H24N2O3S. The number of hydrogen-bond donors (Lipinski definition) is 0. The normalized spacial score (nSPS) is 16.2. The summed E-state index contributed by atoms with van der Waals surface area (Å²) in [5.74, 6) is 1.19. The largest absolute Gasteiger partial charge is 0.493 e. The van der Waals surface area contributed by atoms with Crippen molar-refractivity contribution in [3.8, 4) is 11.5 Å². The third kappa shape index (κ3) is 4.86. The first-order chi connectivity index (χ1) is 15.5. The Morgan fingerprint density at radius 2 is 1.62 bits per heavy atom. The Morgan fingerprint density at radius 3 is 2.28 bits per heavy atom. The predicted octanol–water partition coefficient (Wildman–Crippen LogP) is 6.29. The molecule has 0 spiro atoms. The Bertz CT molecular complexity index is 1160. The standard InChI is InChI=1S/C26H24N2O3S/c1-18(2)31-22-15-14-19(16-23(22)30-3)17-24-25(29)28(21-12-8-5-9-13-21)26(32-24)27-20-10-6-4-7-11-20/h4-18H,1-3H3. The van der Waals surface area contributed by atoms with Crippen molar-refractivity contribution < 1.29 is 14.3 Å². The lowest BCUT2D eigenvalue weighted by molar-refractivity contribution is -0.113. The maximum atomic E-state index is 13.4. The average Bonchev–Trinajstić information content (AvgIpc) is 3.10. The van der Waals surface area contributed by atoms with Gasteiger partial charge in [0.25, 0.3) is 5.91 Å². The number of amidine groups is 1. The first kappa shape index (κ1) is 21.7. The molecule has 0 unspecified atom stereocenters. The quantitative estimate of drug-likeness (QED) is 0.419. The lowest BCUT2D eigenvalue weighted by Gasteiger charge is -2.15. The van der Waals surface area contributed by atoms with Crippen LogP contribution in [0.2, 0.25) is 0 Å². The Labute approximate surface area is 192 Å². The molecule has 0 atom stereocenters. The van der Waals surface area contributed by atoms with E-state index in [1.54, 1.807) is 12.0 Å². The van der Waals surface area contributed by atoms with E-state index in [9.17, 15) is 4.79 Å². The van der Waals surface area contributed by atoms with E-state index in [4.69, 9.17) is 14.5 Å². The molecule has 1 fully saturated rings. The molecule has 1 aliphatic heterocycles. The fourth-order valence-corrected chi connectivity index (χ4v) is 4.24. The van der Waals surface area contributed by atoms with Crippen LogP contribution in [0.25, 0.3) is 6.08 Å². The number of nitrogens with zero attached hydrogens (tertiary/aromatic N) is 2. The van der Waals surface area contributed by atoms with E-state index in [0.29, 0.717) is 21.6 Å². The van der Waals surface area contributed by atoms with E-state index in [1.165, 1.54) is 11.8 Å². The van der Waals surface area contributed by atoms with Gasteiger partial charge in [-0.05, 0) is 73.6 Å². The number of anilines is 1. The fraction of sp³-hybridized carbons (Fsp3) is 0.154. The van der Waals surface area contributed by atoms with Gasteiger partial charge < -0.3 is 9.47 Å². The molecule has 1 heterocycles. The van der Waals surface area contributed by atoms with Crippen LogP contribution in [0.5, 0.6) is 11.5 Å². The van der Waals surface area contributed by atoms with Gasteiger partial charge >= 0.3 is 0 Å². The summed E-state index contributed by atoms with van der Waals surface area (Å²) in [6.45, 7) is 3.93. The van der Waals surface area contributed by atoms with Crippen molar-refractivity contribution in [1.82, 2.24) is 0 Å². The number of para-hydroxylation sites is 2. The first-order valence-corrected chi connectivity index (χ1v) is 11.1. The SMILES string of the molecule is COc1cc(C=C2SC(=Nc3ccccc3)N(c3ccccc3)C2=O)ccc1OC(C)C. The zero-order valence-electron chi connectivity index (χ0n) is 18.2. The van der Waals surface area contributed by atoms with Crippen molar-refractivity contribution in [2.75, 3.05) is 12.0 Å². The van der Waals surface area contributed by atoms with E-state index >= 15 is 0 Å². The summed E-state index contributed by atoms with van der Waals surface area (Å²) in [4.78, 5) is 20.4. The van der Waals surface area contributed by atoms with E-state index in [-0.39, 0.29) is 12.0 Å². The number of rotatable bonds is 6. The highest BCUT2D eigenvalue weighted by molar-refractivity contribution is 8.19. The molecule has 0 aliphatic carbocycles. The van der Waals surface area contributed by atoms with Crippen molar-refractivity contribution in [2.24, 2.45) is 4.99 Å². The smallest absolute Gasteiger partial charge is 0.271 e. The van der Waals surface area contributed by atoms with Gasteiger partial charge in [0.1, 0.15) is 0 Å². The van der Waals surface area contributed by atoms with Crippen molar-refractivity contribution in [3.05, 3.63) is 89.3 Å². The molecule has 1 saturated heterocycles. The molecule has 32 heavy (non-hydrogen) atoms. The van der Waals surface area contributed by atoms with Gasteiger partial charge in [-0.1, -0.05) is 42.5 Å². The monoisotopic (exact) mass is 444 g/mol. The van der Waals surface area contributed by atoms with Crippen LogP contribution in [0.3, 0.4) is 0 Å². The molecule has 0 N–H and O–H groups in total. The highest BCUT2D eigenvalue weighted by Gasteiger charge is 2.34. The van der Waals surface area contributed by atoms with E-state index in [1.807, 2.05) is 98.8 Å². The fourth-order valence-electron chi connectivity index (χ4n) is 3.24. The minimum atomic E-state index is -0.114. The maximum absolute atomic E-state index is 13.4. The predicted molar refractivity (Wildman–Crippen MR) is 132 cm³/mol. The first-order valence-electron chi connectivity index (χ1n) is 10.3. The molecule has 3 aromatic carbocycles. The van der Waals surface area contributed by atoms with Crippen LogP contribution >= 0.6 is 11.8 Å². The Balaban J connectivity index is 1.71. The number of ether oxygens (including phenoxy) is 2. The van der Waals surface area contributed by atoms with Gasteiger partial charge in [0.2, 0.25) is 0 Å². The molecule has 1 aliphatic rings. The third-order valence-electron chi connectivity index (χ3n) is 4.65. The topological polar surface area (TPSA) is 51.1 Å². The summed E-state index contributed by atoms with van der Waals surface area (Å²) < 4.78 is 11.3. The van der Waals surface area contributed by atoms with Crippen molar-refractivity contribution in [1.29, 1.82) is 0 Å². The summed E-state index contributed by atoms with van der Waals surface area (Å²) in [6, 6.07) is 24.8. The third-order valence-corrected chi connectivity index (χ3v) is 5.62. The summed E-state index contributed by atoms with van der Waals surface area (Å²) in [5.41, 5.74) is 2.42. The minimum absolute atomic E-state index is 0.0382. The summed E-state index contributed by atoms with van der Waals surface area (Å²) in [6.07, 6.45) is 1.90. The van der Waals surface area contributed by atoms with Crippen molar-refractivity contribution in [3.63, 3.8) is 0 Å². The Hall–Kier alpha value is -3.51. The number of benzene rings is 3. The lowest BCUT2D eigenvalue weighted by Crippen LogP contribution is -2.28. The van der Waals surface area contributed by atoms with E-state index < -0.39 is 0 Å². The number of aliphatic imine (C=N–C) groups is 1. The van der Waals surface area contributed by atoms with Crippen LogP contribution in [0, 0.1) is 0 Å². The highest BCUT2D eigenvalue weighted by Crippen LogP contribution is 2.38. The van der Waals surface area contributed by atoms with Gasteiger partial charge in [0, 0.05) is 0 Å². The highest BCUT2D eigenvalue weighted by atomic mass is 32.2. The second-order valence-corrected chi connectivity index (χ2v) is 8.40. The molecule has 0 saturated carbocycles. The Kier molecular flexibility index (Phi) is 6.61. The number of hydrogen-bond acceptors (Lipinski definition) is 5. The summed E-state index contributed by atoms with van der Waals surface area (Å²) in [7, 11) is 1.61. The van der Waals surface area contributed by atoms with Crippen LogP contribution in [0.1, 0.15) is 19.4 Å². The maximum Gasteiger partial charge on any atom is 0.271 e. The second kappa shape index (κ2) is 9.75. The van der Waals surface area contributed by atoms with Crippen LogP contribution in [-0.2, 0) is 4.79 Å². The number of thioether (sulfide) groups is 1. The molecular weight excluding hydrogens is 420 g/mol. The van der Waals surface area contributed by atoms with Gasteiger partial charge in [-0.3, -0.25) is 9.69 Å². The van der Waals surface area contributed by atoms with E-state index in [2.05, 4.69) is 0 Å². The van der Waals surface area contributed by atoms with Gasteiger partial charge in [-0.2, -0.15) is 0 Å². The zero-order chi connectivity index (χ0) is 22.5. The van der Waals surface area contributed by atoms with Crippen LogP contribution < -0.4 is 14.4 Å². The number of methoxy groups -OCH3 is 1. The number of carbonyl (C=O) groups is 1. The van der Waals surface area contributed by atoms with Crippen molar-refractivity contribution >= 4 is 40.3 Å². The molecule has 0 radical (unpaired) electrons. The summed E-state index contributed by atoms with van der Waals surface area (Å²) >= 11 is 1.36. The number of amides is 1. The molecule has 0 bridgehead atoms. The van der Waals surface area contributed by atoms with Crippen LogP contribution in [0.4, 0.5) is 11.4 Å². The van der Waals surface area contributed by atoms with Crippen LogP contribution in [0.15, 0.2) is 88.8 Å². The van der Waals surface area contributed by atoms with Crippen LogP contribution in [-0.4, -0.2) is 24.3 Å². The molecule has 3 aromatic rings. The zero-order valence-corrected chi connectivity index (χ0v) is 19.0. The summed E-state index contributed by atoms with van der Waals surface area (Å²) in [5, 5.41) is 0.616. The van der Waals surface area contributed by atoms with Crippen molar-refractivity contribution in [2.45, 2.75) is 20.0 Å². The number of carbonyl (C=O) groups excluding carboxylic acids is 1. The van der Waals surface area contributed by atoms with Gasteiger partial charge in [0.05, 0.1) is 29.5 Å². The molecule has 0 aromatic heterocycles. The minimum Gasteiger partial charge on any atom is -0.493 e. The molecule has 6 heteroatoms. The second-order valence-electron chi connectivity index (χ2n) is 7.39.